The fourth-order valence-corrected chi connectivity index (χ4v) is 5.96. The van der Waals surface area contributed by atoms with E-state index in [0.717, 1.165) is 6.07 Å². The number of ether oxygens (including phenoxy) is 1. The van der Waals surface area contributed by atoms with Crippen molar-refractivity contribution in [3.05, 3.63) is 23.9 Å². The van der Waals surface area contributed by atoms with Crippen molar-refractivity contribution in [3.63, 3.8) is 0 Å². The van der Waals surface area contributed by atoms with Gasteiger partial charge >= 0.3 is 12.1 Å². The summed E-state index contributed by atoms with van der Waals surface area (Å²) in [5.74, 6) is -2.16. The summed E-state index contributed by atoms with van der Waals surface area (Å²) < 4.78 is 68.5. The SMILES string of the molecule is CCN(C(=O)COC(=O)C1CCCN(c2ncccc2C(F)(F)F)C1)C1CCS(=O)(=O)C1. The summed E-state index contributed by atoms with van der Waals surface area (Å²) in [6.07, 6.45) is -2.05. The van der Waals surface area contributed by atoms with Gasteiger partial charge in [-0.2, -0.15) is 13.2 Å². The molecule has 3 heterocycles. The van der Waals surface area contributed by atoms with Gasteiger partial charge in [-0.15, -0.1) is 0 Å². The average molecular weight is 478 g/mol. The van der Waals surface area contributed by atoms with E-state index >= 15 is 0 Å². The second-order valence-corrected chi connectivity index (χ2v) is 10.2. The molecule has 2 aliphatic heterocycles. The minimum atomic E-state index is -4.57. The Morgan fingerprint density at radius 3 is 2.69 bits per heavy atom. The lowest BCUT2D eigenvalue weighted by Gasteiger charge is -2.34. The lowest BCUT2D eigenvalue weighted by molar-refractivity contribution is -0.156. The molecule has 2 saturated heterocycles. The topological polar surface area (TPSA) is 96.9 Å². The molecule has 1 amide bonds. The van der Waals surface area contributed by atoms with Crippen molar-refractivity contribution in [2.24, 2.45) is 5.92 Å². The molecule has 1 aromatic rings. The van der Waals surface area contributed by atoms with Crippen molar-refractivity contribution in [2.75, 3.05) is 42.6 Å². The maximum atomic E-state index is 13.3. The molecular formula is C20H26F3N3O5S. The van der Waals surface area contributed by atoms with Crippen molar-refractivity contribution in [3.8, 4) is 0 Å². The van der Waals surface area contributed by atoms with Crippen LogP contribution in [-0.4, -0.2) is 74.0 Å². The number of carbonyl (C=O) groups is 2. The van der Waals surface area contributed by atoms with Gasteiger partial charge in [0.15, 0.2) is 16.4 Å². The summed E-state index contributed by atoms with van der Waals surface area (Å²) in [5.41, 5.74) is -0.866. The number of aromatic nitrogens is 1. The van der Waals surface area contributed by atoms with Crippen molar-refractivity contribution in [2.45, 2.75) is 38.4 Å². The molecule has 1 aromatic heterocycles. The Morgan fingerprint density at radius 2 is 2.06 bits per heavy atom. The summed E-state index contributed by atoms with van der Waals surface area (Å²) >= 11 is 0. The molecule has 8 nitrogen and oxygen atoms in total. The van der Waals surface area contributed by atoms with Crippen molar-refractivity contribution in [1.82, 2.24) is 9.88 Å². The van der Waals surface area contributed by atoms with E-state index in [0.29, 0.717) is 25.8 Å². The zero-order chi connectivity index (χ0) is 23.5. The largest absolute Gasteiger partial charge is 0.455 e. The molecule has 178 valence electrons. The van der Waals surface area contributed by atoms with Gasteiger partial charge in [-0.05, 0) is 38.3 Å². The number of amides is 1. The van der Waals surface area contributed by atoms with Gasteiger partial charge in [0.25, 0.3) is 5.91 Å². The normalized spacial score (nSPS) is 23.1. The third-order valence-corrected chi connectivity index (χ3v) is 7.54. The van der Waals surface area contributed by atoms with Crippen LogP contribution < -0.4 is 4.90 Å². The molecule has 12 heteroatoms. The number of piperidine rings is 1. The van der Waals surface area contributed by atoms with Gasteiger partial charge in [0.1, 0.15) is 5.82 Å². The molecular weight excluding hydrogens is 451 g/mol. The molecule has 0 aromatic carbocycles. The third kappa shape index (κ3) is 5.70. The summed E-state index contributed by atoms with van der Waals surface area (Å²) in [5, 5.41) is 0. The molecule has 0 spiro atoms. The summed E-state index contributed by atoms with van der Waals surface area (Å²) in [4.78, 5) is 31.7. The van der Waals surface area contributed by atoms with E-state index in [2.05, 4.69) is 4.98 Å². The molecule has 3 rings (SSSR count). The number of anilines is 1. The van der Waals surface area contributed by atoms with Crippen LogP contribution in [-0.2, 0) is 30.3 Å². The van der Waals surface area contributed by atoms with E-state index in [1.165, 1.54) is 22.1 Å². The van der Waals surface area contributed by atoms with Crippen LogP contribution in [0.2, 0.25) is 0 Å². The number of likely N-dealkylation sites (N-methyl/N-ethyl adjacent to an activating group) is 1. The quantitative estimate of drug-likeness (QED) is 0.578. The minimum Gasteiger partial charge on any atom is -0.455 e. The average Bonchev–Trinajstić information content (AvgIpc) is 3.11. The van der Waals surface area contributed by atoms with Crippen LogP contribution >= 0.6 is 0 Å². The van der Waals surface area contributed by atoms with Crippen molar-refractivity contribution >= 4 is 27.5 Å². The van der Waals surface area contributed by atoms with Crippen LogP contribution in [0, 0.1) is 5.92 Å². The molecule has 0 radical (unpaired) electrons. The maximum absolute atomic E-state index is 13.3. The van der Waals surface area contributed by atoms with Gasteiger partial charge in [-0.1, -0.05) is 0 Å². The Kier molecular flexibility index (Phi) is 7.31. The van der Waals surface area contributed by atoms with Gasteiger partial charge in [-0.25, -0.2) is 13.4 Å². The smallest absolute Gasteiger partial charge is 0.419 e. The maximum Gasteiger partial charge on any atom is 0.419 e. The van der Waals surface area contributed by atoms with Crippen LogP contribution in [0.5, 0.6) is 0 Å². The number of alkyl halides is 3. The van der Waals surface area contributed by atoms with Crippen LogP contribution in [0.1, 0.15) is 31.7 Å². The first-order valence-electron chi connectivity index (χ1n) is 10.5. The zero-order valence-corrected chi connectivity index (χ0v) is 18.5. The van der Waals surface area contributed by atoms with Gasteiger partial charge in [0.2, 0.25) is 0 Å². The minimum absolute atomic E-state index is 0.00543. The molecule has 0 saturated carbocycles. The number of halogens is 3. The Hall–Kier alpha value is -2.37. The van der Waals surface area contributed by atoms with Crippen LogP contribution in [0.15, 0.2) is 18.3 Å². The van der Waals surface area contributed by atoms with E-state index in [-0.39, 0.29) is 30.4 Å². The van der Waals surface area contributed by atoms with E-state index < -0.39 is 52.0 Å². The molecule has 32 heavy (non-hydrogen) atoms. The Balaban J connectivity index is 1.60. The second kappa shape index (κ2) is 9.63. The molecule has 0 bridgehead atoms. The number of esters is 1. The lowest BCUT2D eigenvalue weighted by Crippen LogP contribution is -2.44. The third-order valence-electron chi connectivity index (χ3n) is 5.79. The molecule has 2 aliphatic rings. The standard InChI is InChI=1S/C20H26F3N3O5S/c1-2-26(15-7-10-32(29,30)13-15)17(27)12-31-19(28)14-5-4-9-25(11-14)18-16(20(21,22)23)6-3-8-24-18/h3,6,8,14-15H,2,4-5,7,9-13H2,1H3. The molecule has 2 unspecified atom stereocenters. The Morgan fingerprint density at radius 1 is 1.31 bits per heavy atom. The molecule has 0 aliphatic carbocycles. The molecule has 2 fully saturated rings. The number of carbonyl (C=O) groups excluding carboxylic acids is 2. The Labute approximate surface area is 184 Å². The van der Waals surface area contributed by atoms with E-state index in [1.54, 1.807) is 6.92 Å². The highest BCUT2D eigenvalue weighted by Crippen LogP contribution is 2.36. The number of nitrogens with zero attached hydrogens (tertiary/aromatic N) is 3. The van der Waals surface area contributed by atoms with E-state index in [1.807, 2.05) is 0 Å². The van der Waals surface area contributed by atoms with Crippen LogP contribution in [0.4, 0.5) is 19.0 Å². The highest BCUT2D eigenvalue weighted by atomic mass is 32.2. The van der Waals surface area contributed by atoms with Gasteiger partial charge < -0.3 is 14.5 Å². The highest BCUT2D eigenvalue weighted by Gasteiger charge is 2.38. The number of pyridine rings is 1. The van der Waals surface area contributed by atoms with Gasteiger partial charge in [0, 0.05) is 31.9 Å². The second-order valence-electron chi connectivity index (χ2n) is 8.00. The number of sulfone groups is 1. The molecule has 0 N–H and O–H groups in total. The number of hydrogen-bond donors (Lipinski definition) is 0. The fraction of sp³-hybridized carbons (Fsp3) is 0.650. The fourth-order valence-electron chi connectivity index (χ4n) is 4.23. The summed E-state index contributed by atoms with van der Waals surface area (Å²) in [6, 6.07) is 1.72. The first-order valence-corrected chi connectivity index (χ1v) is 12.3. The van der Waals surface area contributed by atoms with Crippen LogP contribution in [0.3, 0.4) is 0 Å². The lowest BCUT2D eigenvalue weighted by atomic mass is 9.97. The Bertz CT molecular complexity index is 954. The highest BCUT2D eigenvalue weighted by molar-refractivity contribution is 7.91. The number of rotatable bonds is 6. The molecule has 2 atom stereocenters. The zero-order valence-electron chi connectivity index (χ0n) is 17.7. The summed E-state index contributed by atoms with van der Waals surface area (Å²) in [6.45, 7) is 1.80. The first-order chi connectivity index (χ1) is 15.0. The summed E-state index contributed by atoms with van der Waals surface area (Å²) in [7, 11) is -3.17. The van der Waals surface area contributed by atoms with Crippen LogP contribution in [0.25, 0.3) is 0 Å². The van der Waals surface area contributed by atoms with Crippen molar-refractivity contribution in [1.29, 1.82) is 0 Å². The number of hydrogen-bond acceptors (Lipinski definition) is 7. The van der Waals surface area contributed by atoms with E-state index in [9.17, 15) is 31.2 Å². The predicted molar refractivity (Wildman–Crippen MR) is 110 cm³/mol. The first kappa shape index (κ1) is 24.3. The van der Waals surface area contributed by atoms with Crippen molar-refractivity contribution < 1.29 is 35.9 Å². The predicted octanol–water partition coefficient (Wildman–Crippen LogP) is 1.90. The monoisotopic (exact) mass is 477 g/mol. The van der Waals surface area contributed by atoms with Gasteiger partial charge in [-0.3, -0.25) is 9.59 Å². The van der Waals surface area contributed by atoms with E-state index in [4.69, 9.17) is 4.74 Å². The van der Waals surface area contributed by atoms with Gasteiger partial charge in [0.05, 0.1) is 23.0 Å².